The number of pyridine rings is 1. The van der Waals surface area contributed by atoms with Gasteiger partial charge in [-0.05, 0) is 67.3 Å². The maximum atomic E-state index is 13.7. The van der Waals surface area contributed by atoms with E-state index in [-0.39, 0.29) is 17.7 Å². The molecule has 1 aromatic heterocycles. The number of nitrogens with zero attached hydrogens (tertiary/aromatic N) is 1. The van der Waals surface area contributed by atoms with Crippen molar-refractivity contribution in [1.82, 2.24) is 4.98 Å². The maximum absolute atomic E-state index is 13.7. The lowest BCUT2D eigenvalue weighted by molar-refractivity contribution is -0.140. The molecule has 1 heterocycles. The van der Waals surface area contributed by atoms with Crippen molar-refractivity contribution < 1.29 is 27.8 Å². The molecule has 0 aliphatic rings. The number of unbranched alkanes of at least 4 members (excludes halogenated alkanes) is 1. The SMILES string of the molecule is COc1ccc(S(=O)(=O)C(CCCCOc2ccccc2)(Cc2cccnc2)C(=O)O)cc1. The number of hydrogen-bond donors (Lipinski definition) is 1. The predicted molar refractivity (Wildman–Crippen MR) is 124 cm³/mol. The highest BCUT2D eigenvalue weighted by Gasteiger charge is 2.51. The van der Waals surface area contributed by atoms with Gasteiger partial charge in [-0.1, -0.05) is 24.3 Å². The van der Waals surface area contributed by atoms with Gasteiger partial charge in [0, 0.05) is 18.8 Å². The van der Waals surface area contributed by atoms with Gasteiger partial charge in [0.1, 0.15) is 11.5 Å². The van der Waals surface area contributed by atoms with Crippen LogP contribution in [0.25, 0.3) is 0 Å². The van der Waals surface area contributed by atoms with E-state index in [0.29, 0.717) is 36.5 Å². The molecule has 3 aromatic rings. The summed E-state index contributed by atoms with van der Waals surface area (Å²) in [6.07, 6.45) is 3.67. The molecule has 0 saturated carbocycles. The summed E-state index contributed by atoms with van der Waals surface area (Å²) in [5, 5.41) is 10.3. The average molecular weight is 470 g/mol. The Labute approximate surface area is 193 Å². The number of para-hydroxylation sites is 1. The second-order valence-corrected chi connectivity index (χ2v) is 9.89. The van der Waals surface area contributed by atoms with E-state index in [0.717, 1.165) is 0 Å². The van der Waals surface area contributed by atoms with Crippen LogP contribution in [-0.4, -0.2) is 42.9 Å². The van der Waals surface area contributed by atoms with Crippen LogP contribution in [0.1, 0.15) is 24.8 Å². The number of ether oxygens (including phenoxy) is 2. The molecule has 2 aromatic carbocycles. The quantitative estimate of drug-likeness (QED) is 0.397. The van der Waals surface area contributed by atoms with Gasteiger partial charge in [-0.25, -0.2) is 8.42 Å². The first kappa shape index (κ1) is 24.3. The van der Waals surface area contributed by atoms with Gasteiger partial charge >= 0.3 is 5.97 Å². The summed E-state index contributed by atoms with van der Waals surface area (Å²) in [6.45, 7) is 0.356. The molecule has 1 atom stereocenters. The summed E-state index contributed by atoms with van der Waals surface area (Å²) in [5.41, 5.74) is 0.539. The summed E-state index contributed by atoms with van der Waals surface area (Å²) in [7, 11) is -2.77. The highest BCUT2D eigenvalue weighted by atomic mass is 32.2. The minimum atomic E-state index is -4.25. The van der Waals surface area contributed by atoms with Crippen molar-refractivity contribution in [2.24, 2.45) is 0 Å². The second-order valence-electron chi connectivity index (χ2n) is 7.64. The monoisotopic (exact) mass is 469 g/mol. The normalized spacial score (nSPS) is 13.1. The van der Waals surface area contributed by atoms with Gasteiger partial charge in [0.2, 0.25) is 0 Å². The largest absolute Gasteiger partial charge is 0.497 e. The van der Waals surface area contributed by atoms with Crippen molar-refractivity contribution in [2.45, 2.75) is 35.3 Å². The third-order valence-corrected chi connectivity index (χ3v) is 7.92. The fraction of sp³-hybridized carbons (Fsp3) is 0.280. The highest BCUT2D eigenvalue weighted by Crippen LogP contribution is 2.35. The van der Waals surface area contributed by atoms with Crippen molar-refractivity contribution in [2.75, 3.05) is 13.7 Å². The third kappa shape index (κ3) is 5.70. The first-order valence-corrected chi connectivity index (χ1v) is 12.1. The van der Waals surface area contributed by atoms with E-state index in [4.69, 9.17) is 9.47 Å². The minimum Gasteiger partial charge on any atom is -0.497 e. The van der Waals surface area contributed by atoms with Gasteiger partial charge in [-0.3, -0.25) is 9.78 Å². The molecule has 174 valence electrons. The molecule has 8 heteroatoms. The van der Waals surface area contributed by atoms with Crippen molar-refractivity contribution in [3.8, 4) is 11.5 Å². The van der Waals surface area contributed by atoms with Gasteiger partial charge in [-0.2, -0.15) is 0 Å². The number of benzene rings is 2. The van der Waals surface area contributed by atoms with Gasteiger partial charge in [0.15, 0.2) is 14.6 Å². The lowest BCUT2D eigenvalue weighted by Crippen LogP contribution is -2.48. The number of rotatable bonds is 12. The molecular formula is C25H27NO6S. The number of carbonyl (C=O) groups is 1. The zero-order valence-corrected chi connectivity index (χ0v) is 19.2. The van der Waals surface area contributed by atoms with E-state index in [1.165, 1.54) is 37.6 Å². The zero-order valence-electron chi connectivity index (χ0n) is 18.4. The van der Waals surface area contributed by atoms with E-state index < -0.39 is 20.6 Å². The predicted octanol–water partition coefficient (Wildman–Crippen LogP) is 4.18. The zero-order chi connectivity index (χ0) is 23.7. The summed E-state index contributed by atoms with van der Waals surface area (Å²) < 4.78 is 36.2. The van der Waals surface area contributed by atoms with Crippen LogP contribution in [0.5, 0.6) is 11.5 Å². The molecule has 1 N–H and O–H groups in total. The van der Waals surface area contributed by atoms with Gasteiger partial charge < -0.3 is 14.6 Å². The van der Waals surface area contributed by atoms with E-state index in [1.54, 1.807) is 18.3 Å². The molecule has 0 radical (unpaired) electrons. The van der Waals surface area contributed by atoms with E-state index in [9.17, 15) is 18.3 Å². The Bertz CT molecular complexity index is 1130. The third-order valence-electron chi connectivity index (χ3n) is 5.47. The van der Waals surface area contributed by atoms with Gasteiger partial charge in [-0.15, -0.1) is 0 Å². The molecule has 3 rings (SSSR count). The number of sulfone groups is 1. The Morgan fingerprint density at radius 2 is 1.70 bits per heavy atom. The minimum absolute atomic E-state index is 0.0601. The summed E-state index contributed by atoms with van der Waals surface area (Å²) >= 11 is 0. The van der Waals surface area contributed by atoms with Crippen LogP contribution in [0.3, 0.4) is 0 Å². The number of hydrogen-bond acceptors (Lipinski definition) is 6. The number of methoxy groups -OCH3 is 1. The van der Waals surface area contributed by atoms with Crippen LogP contribution in [0.15, 0.2) is 84.0 Å². The molecule has 0 bridgehead atoms. The lowest BCUT2D eigenvalue weighted by atomic mass is 9.93. The molecule has 0 aliphatic heterocycles. The van der Waals surface area contributed by atoms with Crippen molar-refractivity contribution >= 4 is 15.8 Å². The fourth-order valence-corrected chi connectivity index (χ4v) is 5.59. The summed E-state index contributed by atoms with van der Waals surface area (Å²) in [4.78, 5) is 16.6. The van der Waals surface area contributed by atoms with Crippen molar-refractivity contribution in [3.63, 3.8) is 0 Å². The Hall–Kier alpha value is -3.39. The standard InChI is InChI=1S/C25H27NO6S/c1-31-21-11-13-23(14-12-21)33(29,30)25(24(27)28,18-20-8-7-16-26-19-20)15-5-6-17-32-22-9-3-2-4-10-22/h2-4,7-14,16,19H,5-6,15,17-18H2,1H3,(H,27,28). The molecule has 33 heavy (non-hydrogen) atoms. The Morgan fingerprint density at radius 1 is 0.970 bits per heavy atom. The summed E-state index contributed by atoms with van der Waals surface area (Å²) in [5.74, 6) is -0.186. The van der Waals surface area contributed by atoms with Crippen molar-refractivity contribution in [1.29, 1.82) is 0 Å². The topological polar surface area (TPSA) is 103 Å². The van der Waals surface area contributed by atoms with Crippen LogP contribution in [0, 0.1) is 0 Å². The Balaban J connectivity index is 1.86. The number of aliphatic carboxylic acids is 1. The molecule has 1 unspecified atom stereocenters. The highest BCUT2D eigenvalue weighted by molar-refractivity contribution is 7.93. The summed E-state index contributed by atoms with van der Waals surface area (Å²) in [6, 6.07) is 18.4. The molecule has 0 aliphatic carbocycles. The Morgan fingerprint density at radius 3 is 2.30 bits per heavy atom. The van der Waals surface area contributed by atoms with Crippen molar-refractivity contribution in [3.05, 3.63) is 84.7 Å². The van der Waals surface area contributed by atoms with E-state index >= 15 is 0 Å². The molecule has 0 spiro atoms. The fourth-order valence-electron chi connectivity index (χ4n) is 3.65. The van der Waals surface area contributed by atoms with Crippen LogP contribution in [0.2, 0.25) is 0 Å². The second kappa shape index (κ2) is 11.0. The molecule has 0 fully saturated rings. The average Bonchev–Trinajstić information content (AvgIpc) is 2.84. The van der Waals surface area contributed by atoms with Crippen LogP contribution >= 0.6 is 0 Å². The molecule has 0 saturated heterocycles. The Kier molecular flexibility index (Phi) is 8.06. The number of aromatic nitrogens is 1. The number of carboxylic acid groups (broad SMARTS) is 1. The number of carboxylic acids is 1. The van der Waals surface area contributed by atoms with E-state index in [2.05, 4.69) is 4.98 Å². The first-order chi connectivity index (χ1) is 15.9. The van der Waals surface area contributed by atoms with Gasteiger partial charge in [0.25, 0.3) is 0 Å². The maximum Gasteiger partial charge on any atom is 0.325 e. The molecule has 7 nitrogen and oxygen atoms in total. The smallest absolute Gasteiger partial charge is 0.325 e. The van der Waals surface area contributed by atoms with Crippen LogP contribution < -0.4 is 9.47 Å². The lowest BCUT2D eigenvalue weighted by Gasteiger charge is -2.29. The van der Waals surface area contributed by atoms with Crippen LogP contribution in [0.4, 0.5) is 0 Å². The van der Waals surface area contributed by atoms with Gasteiger partial charge in [0.05, 0.1) is 18.6 Å². The van der Waals surface area contributed by atoms with Crippen LogP contribution in [-0.2, 0) is 21.1 Å². The van der Waals surface area contributed by atoms with E-state index in [1.807, 2.05) is 30.3 Å². The molecular weight excluding hydrogens is 442 g/mol. The molecule has 0 amide bonds. The first-order valence-electron chi connectivity index (χ1n) is 10.6.